The molecule has 2 saturated heterocycles. The fourth-order valence-electron chi connectivity index (χ4n) is 4.68. The van der Waals surface area contributed by atoms with Gasteiger partial charge in [0, 0.05) is 51.6 Å². The number of piperazine rings is 1. The molecule has 1 unspecified atom stereocenters. The van der Waals surface area contributed by atoms with Crippen molar-refractivity contribution in [3.8, 4) is 0 Å². The number of amides is 3. The Balaban J connectivity index is 1.30. The Hall–Kier alpha value is -2.74. The van der Waals surface area contributed by atoms with Crippen LogP contribution in [0, 0.1) is 0 Å². The molecule has 0 saturated carbocycles. The van der Waals surface area contributed by atoms with Crippen LogP contribution in [-0.4, -0.2) is 88.5 Å². The largest absolute Gasteiger partial charge is 0.339 e. The van der Waals surface area contributed by atoms with Crippen LogP contribution in [0.2, 0.25) is 0 Å². The van der Waals surface area contributed by atoms with E-state index in [1.807, 2.05) is 35.2 Å². The van der Waals surface area contributed by atoms with Crippen molar-refractivity contribution in [2.75, 3.05) is 39.3 Å². The van der Waals surface area contributed by atoms with Gasteiger partial charge in [-0.1, -0.05) is 30.3 Å². The lowest BCUT2D eigenvalue weighted by Crippen LogP contribution is -2.54. The van der Waals surface area contributed by atoms with Gasteiger partial charge >= 0.3 is 0 Å². The SMILES string of the molecule is CC1CCCCN1C(=O)CN1CCN(C(=O)C2=NN(Cc3ccccc3)C(=O)CC2)CC1. The van der Waals surface area contributed by atoms with Crippen LogP contribution < -0.4 is 0 Å². The summed E-state index contributed by atoms with van der Waals surface area (Å²) >= 11 is 0. The third-order valence-electron chi connectivity index (χ3n) is 6.67. The number of hydrogen-bond acceptors (Lipinski definition) is 5. The molecule has 4 rings (SSSR count). The predicted octanol–water partition coefficient (Wildman–Crippen LogP) is 1.71. The molecule has 8 heteroatoms. The third-order valence-corrected chi connectivity index (χ3v) is 6.67. The molecule has 1 atom stereocenters. The van der Waals surface area contributed by atoms with Crippen molar-refractivity contribution in [3.63, 3.8) is 0 Å². The van der Waals surface area contributed by atoms with Crippen LogP contribution in [0.3, 0.4) is 0 Å². The summed E-state index contributed by atoms with van der Waals surface area (Å²) in [5, 5.41) is 5.82. The third kappa shape index (κ3) is 5.35. The van der Waals surface area contributed by atoms with E-state index in [1.165, 1.54) is 11.4 Å². The van der Waals surface area contributed by atoms with E-state index in [0.29, 0.717) is 63.9 Å². The first kappa shape index (κ1) is 22.5. The summed E-state index contributed by atoms with van der Waals surface area (Å²) in [5.41, 5.74) is 1.44. The van der Waals surface area contributed by atoms with Crippen molar-refractivity contribution in [1.29, 1.82) is 0 Å². The molecular weight excluding hydrogens is 406 g/mol. The Labute approximate surface area is 189 Å². The van der Waals surface area contributed by atoms with Gasteiger partial charge in [-0.05, 0) is 31.7 Å². The highest BCUT2D eigenvalue weighted by Crippen LogP contribution is 2.18. The van der Waals surface area contributed by atoms with E-state index >= 15 is 0 Å². The van der Waals surface area contributed by atoms with Crippen molar-refractivity contribution >= 4 is 23.4 Å². The topological polar surface area (TPSA) is 76.5 Å². The Bertz CT molecular complexity index is 864. The molecule has 3 aliphatic rings. The number of piperidine rings is 1. The standard InChI is InChI=1S/C24H33N5O3/c1-19-7-5-6-12-28(19)23(31)18-26-13-15-27(16-14-26)24(32)21-10-11-22(30)29(25-21)17-20-8-3-2-4-9-20/h2-4,8-9,19H,5-7,10-18H2,1H3. The first-order valence-electron chi connectivity index (χ1n) is 11.7. The van der Waals surface area contributed by atoms with Gasteiger partial charge in [0.05, 0.1) is 13.1 Å². The average Bonchev–Trinajstić information content (AvgIpc) is 2.81. The first-order chi connectivity index (χ1) is 15.5. The minimum atomic E-state index is -0.0915. The second-order valence-electron chi connectivity index (χ2n) is 8.98. The van der Waals surface area contributed by atoms with Crippen LogP contribution in [0.15, 0.2) is 35.4 Å². The van der Waals surface area contributed by atoms with E-state index in [9.17, 15) is 14.4 Å². The second-order valence-corrected chi connectivity index (χ2v) is 8.98. The lowest BCUT2D eigenvalue weighted by Gasteiger charge is -2.38. The van der Waals surface area contributed by atoms with Gasteiger partial charge < -0.3 is 9.80 Å². The van der Waals surface area contributed by atoms with Gasteiger partial charge in [-0.25, -0.2) is 5.01 Å². The molecule has 2 fully saturated rings. The van der Waals surface area contributed by atoms with Crippen molar-refractivity contribution in [2.24, 2.45) is 5.10 Å². The zero-order valence-electron chi connectivity index (χ0n) is 18.9. The van der Waals surface area contributed by atoms with Crippen molar-refractivity contribution in [1.82, 2.24) is 19.7 Å². The normalized spacial score (nSPS) is 22.7. The zero-order chi connectivity index (χ0) is 22.5. The van der Waals surface area contributed by atoms with E-state index in [0.717, 1.165) is 24.9 Å². The number of benzene rings is 1. The molecule has 172 valence electrons. The number of hydrazone groups is 1. The summed E-state index contributed by atoms with van der Waals surface area (Å²) in [6.07, 6.45) is 4.06. The van der Waals surface area contributed by atoms with E-state index < -0.39 is 0 Å². The number of hydrogen-bond donors (Lipinski definition) is 0. The molecule has 0 bridgehead atoms. The van der Waals surface area contributed by atoms with Gasteiger partial charge in [0.15, 0.2) is 0 Å². The summed E-state index contributed by atoms with van der Waals surface area (Å²) in [4.78, 5) is 44.0. The summed E-state index contributed by atoms with van der Waals surface area (Å²) in [6, 6.07) is 10.0. The van der Waals surface area contributed by atoms with Gasteiger partial charge in [0.25, 0.3) is 5.91 Å². The minimum absolute atomic E-state index is 0.0549. The fraction of sp³-hybridized carbons (Fsp3) is 0.583. The quantitative estimate of drug-likeness (QED) is 0.700. The molecule has 0 N–H and O–H groups in total. The molecule has 1 aromatic carbocycles. The number of likely N-dealkylation sites (tertiary alicyclic amines) is 1. The van der Waals surface area contributed by atoms with Crippen LogP contribution >= 0.6 is 0 Å². The lowest BCUT2D eigenvalue weighted by atomic mass is 10.0. The Morgan fingerprint density at radius 3 is 2.47 bits per heavy atom. The van der Waals surface area contributed by atoms with Crippen LogP contribution in [-0.2, 0) is 20.9 Å². The molecule has 3 heterocycles. The molecule has 0 spiro atoms. The van der Waals surface area contributed by atoms with Crippen molar-refractivity contribution in [3.05, 3.63) is 35.9 Å². The van der Waals surface area contributed by atoms with E-state index in [-0.39, 0.29) is 17.7 Å². The molecule has 1 aromatic rings. The van der Waals surface area contributed by atoms with E-state index in [2.05, 4.69) is 16.9 Å². The van der Waals surface area contributed by atoms with Crippen LogP contribution in [0.5, 0.6) is 0 Å². The molecule has 0 radical (unpaired) electrons. The van der Waals surface area contributed by atoms with Crippen molar-refractivity contribution in [2.45, 2.75) is 51.6 Å². The summed E-state index contributed by atoms with van der Waals surface area (Å²) in [6.45, 7) is 6.30. The van der Waals surface area contributed by atoms with Crippen molar-refractivity contribution < 1.29 is 14.4 Å². The van der Waals surface area contributed by atoms with E-state index in [1.54, 1.807) is 4.90 Å². The van der Waals surface area contributed by atoms with Crippen LogP contribution in [0.4, 0.5) is 0 Å². The Morgan fingerprint density at radius 2 is 1.75 bits per heavy atom. The number of carbonyl (C=O) groups is 3. The molecular formula is C24H33N5O3. The maximum atomic E-state index is 13.0. The highest BCUT2D eigenvalue weighted by molar-refractivity contribution is 6.39. The highest BCUT2D eigenvalue weighted by Gasteiger charge is 2.31. The highest BCUT2D eigenvalue weighted by atomic mass is 16.2. The number of carbonyl (C=O) groups excluding carboxylic acids is 3. The maximum Gasteiger partial charge on any atom is 0.270 e. The monoisotopic (exact) mass is 439 g/mol. The molecule has 0 aliphatic carbocycles. The van der Waals surface area contributed by atoms with Gasteiger partial charge in [0.1, 0.15) is 5.71 Å². The predicted molar refractivity (Wildman–Crippen MR) is 122 cm³/mol. The van der Waals surface area contributed by atoms with Gasteiger partial charge in [-0.2, -0.15) is 5.10 Å². The van der Waals surface area contributed by atoms with Gasteiger partial charge in [-0.15, -0.1) is 0 Å². The summed E-state index contributed by atoms with van der Waals surface area (Å²) < 4.78 is 0. The smallest absolute Gasteiger partial charge is 0.270 e. The first-order valence-corrected chi connectivity index (χ1v) is 11.7. The zero-order valence-corrected chi connectivity index (χ0v) is 18.9. The Morgan fingerprint density at radius 1 is 1.00 bits per heavy atom. The summed E-state index contributed by atoms with van der Waals surface area (Å²) in [7, 11) is 0. The molecule has 3 amide bonds. The van der Waals surface area contributed by atoms with E-state index in [4.69, 9.17) is 0 Å². The number of rotatable bonds is 5. The lowest BCUT2D eigenvalue weighted by molar-refractivity contribution is -0.136. The van der Waals surface area contributed by atoms with Gasteiger partial charge in [0.2, 0.25) is 11.8 Å². The maximum absolute atomic E-state index is 13.0. The van der Waals surface area contributed by atoms with Crippen LogP contribution in [0.1, 0.15) is 44.6 Å². The molecule has 3 aliphatic heterocycles. The fourth-order valence-corrected chi connectivity index (χ4v) is 4.68. The molecule has 0 aromatic heterocycles. The molecule has 8 nitrogen and oxygen atoms in total. The second kappa shape index (κ2) is 10.3. The molecule has 32 heavy (non-hydrogen) atoms. The number of nitrogens with zero attached hydrogens (tertiary/aromatic N) is 5. The van der Waals surface area contributed by atoms with Gasteiger partial charge in [-0.3, -0.25) is 19.3 Å². The summed E-state index contributed by atoms with van der Waals surface area (Å²) in [5.74, 6) is 0.0514. The Kier molecular flexibility index (Phi) is 7.19. The van der Waals surface area contributed by atoms with Crippen LogP contribution in [0.25, 0.3) is 0 Å². The minimum Gasteiger partial charge on any atom is -0.339 e. The average molecular weight is 440 g/mol.